The molecule has 1 rings (SSSR count). The Morgan fingerprint density at radius 2 is 2.12 bits per heavy atom. The van der Waals surface area contributed by atoms with Crippen molar-refractivity contribution in [1.82, 2.24) is 4.90 Å². The van der Waals surface area contributed by atoms with Crippen molar-refractivity contribution in [3.8, 4) is 0 Å². The molecule has 94 valence electrons. The number of carbonyl (C=O) groups excluding carboxylic acids is 1. The van der Waals surface area contributed by atoms with Crippen LogP contribution in [0.1, 0.15) is 58.3 Å². The average molecular weight is 227 g/mol. The van der Waals surface area contributed by atoms with Gasteiger partial charge in [0.2, 0.25) is 5.91 Å². The Hall–Kier alpha value is -0.570. The van der Waals surface area contributed by atoms with Gasteiger partial charge in [0.15, 0.2) is 0 Å². The number of hydrogen-bond donors (Lipinski definition) is 1. The van der Waals surface area contributed by atoms with Crippen molar-refractivity contribution in [2.24, 2.45) is 0 Å². The lowest BCUT2D eigenvalue weighted by Gasteiger charge is -2.29. The van der Waals surface area contributed by atoms with Crippen molar-refractivity contribution < 1.29 is 9.90 Å². The fourth-order valence-corrected chi connectivity index (χ4v) is 2.46. The van der Waals surface area contributed by atoms with Gasteiger partial charge in [-0.2, -0.15) is 0 Å². The number of nitrogens with zero attached hydrogens (tertiary/aromatic N) is 1. The SMILES string of the molecule is CCC1CCCCCN1C(=O)CCCCO. The lowest BCUT2D eigenvalue weighted by Crippen LogP contribution is -2.39. The smallest absolute Gasteiger partial charge is 0.222 e. The largest absolute Gasteiger partial charge is 0.396 e. The molecule has 0 saturated carbocycles. The third-order valence-corrected chi connectivity index (χ3v) is 3.47. The van der Waals surface area contributed by atoms with Gasteiger partial charge in [0, 0.05) is 25.6 Å². The van der Waals surface area contributed by atoms with Crippen LogP contribution in [0.5, 0.6) is 0 Å². The maximum atomic E-state index is 12.0. The second-order valence-electron chi connectivity index (χ2n) is 4.68. The maximum Gasteiger partial charge on any atom is 0.222 e. The molecule has 1 heterocycles. The van der Waals surface area contributed by atoms with Crippen LogP contribution >= 0.6 is 0 Å². The quantitative estimate of drug-likeness (QED) is 0.732. The minimum Gasteiger partial charge on any atom is -0.396 e. The van der Waals surface area contributed by atoms with Crippen LogP contribution in [0.2, 0.25) is 0 Å². The van der Waals surface area contributed by atoms with E-state index in [0.717, 1.165) is 32.2 Å². The fourth-order valence-electron chi connectivity index (χ4n) is 2.46. The van der Waals surface area contributed by atoms with Crippen molar-refractivity contribution in [1.29, 1.82) is 0 Å². The van der Waals surface area contributed by atoms with Gasteiger partial charge in [0.05, 0.1) is 0 Å². The predicted molar refractivity (Wildman–Crippen MR) is 65.2 cm³/mol. The Kier molecular flexibility index (Phi) is 6.46. The number of aliphatic hydroxyl groups is 1. The van der Waals surface area contributed by atoms with Gasteiger partial charge in [0.1, 0.15) is 0 Å². The molecular formula is C13H25NO2. The van der Waals surface area contributed by atoms with E-state index < -0.39 is 0 Å². The molecule has 1 N–H and O–H groups in total. The highest BCUT2D eigenvalue weighted by atomic mass is 16.3. The number of amides is 1. The van der Waals surface area contributed by atoms with Crippen molar-refractivity contribution in [2.45, 2.75) is 64.3 Å². The summed E-state index contributed by atoms with van der Waals surface area (Å²) in [5.41, 5.74) is 0. The fraction of sp³-hybridized carbons (Fsp3) is 0.923. The van der Waals surface area contributed by atoms with Crippen LogP contribution in [0, 0.1) is 0 Å². The zero-order valence-electron chi connectivity index (χ0n) is 10.5. The van der Waals surface area contributed by atoms with E-state index in [2.05, 4.69) is 11.8 Å². The van der Waals surface area contributed by atoms with Crippen LogP contribution in [-0.2, 0) is 4.79 Å². The highest BCUT2D eigenvalue weighted by molar-refractivity contribution is 5.76. The highest BCUT2D eigenvalue weighted by Crippen LogP contribution is 2.20. The normalized spacial score (nSPS) is 21.9. The highest BCUT2D eigenvalue weighted by Gasteiger charge is 2.23. The van der Waals surface area contributed by atoms with Crippen LogP contribution in [0.3, 0.4) is 0 Å². The number of aliphatic hydroxyl groups excluding tert-OH is 1. The summed E-state index contributed by atoms with van der Waals surface area (Å²) in [6.07, 6.45) is 8.10. The van der Waals surface area contributed by atoms with Crippen LogP contribution in [0.25, 0.3) is 0 Å². The number of carbonyl (C=O) groups is 1. The van der Waals surface area contributed by atoms with Crippen molar-refractivity contribution in [3.05, 3.63) is 0 Å². The van der Waals surface area contributed by atoms with E-state index in [0.29, 0.717) is 18.4 Å². The molecule has 1 amide bonds. The summed E-state index contributed by atoms with van der Waals surface area (Å²) in [6, 6.07) is 0.462. The Morgan fingerprint density at radius 3 is 2.81 bits per heavy atom. The van der Waals surface area contributed by atoms with Crippen molar-refractivity contribution >= 4 is 5.91 Å². The van der Waals surface area contributed by atoms with Gasteiger partial charge < -0.3 is 10.0 Å². The summed E-state index contributed by atoms with van der Waals surface area (Å²) in [6.45, 7) is 3.31. The van der Waals surface area contributed by atoms with Gasteiger partial charge >= 0.3 is 0 Å². The number of hydrogen-bond acceptors (Lipinski definition) is 2. The lowest BCUT2D eigenvalue weighted by atomic mass is 10.1. The molecular weight excluding hydrogens is 202 g/mol. The summed E-state index contributed by atoms with van der Waals surface area (Å²) in [7, 11) is 0. The summed E-state index contributed by atoms with van der Waals surface area (Å²) in [5.74, 6) is 0.294. The molecule has 0 aromatic heterocycles. The standard InChI is InChI=1S/C13H25NO2/c1-2-12-8-4-3-6-10-14(12)13(16)9-5-7-11-15/h12,15H,2-11H2,1H3. The van der Waals surface area contributed by atoms with Gasteiger partial charge in [-0.3, -0.25) is 4.79 Å². The average Bonchev–Trinajstić information content (AvgIpc) is 2.54. The molecule has 0 bridgehead atoms. The molecule has 0 radical (unpaired) electrons. The molecule has 16 heavy (non-hydrogen) atoms. The molecule has 0 aliphatic carbocycles. The van der Waals surface area contributed by atoms with E-state index in [1.54, 1.807) is 0 Å². The molecule has 1 saturated heterocycles. The van der Waals surface area contributed by atoms with Gasteiger partial charge in [-0.15, -0.1) is 0 Å². The third-order valence-electron chi connectivity index (χ3n) is 3.47. The van der Waals surface area contributed by atoms with Gasteiger partial charge in [-0.25, -0.2) is 0 Å². The molecule has 1 fully saturated rings. The van der Waals surface area contributed by atoms with E-state index in [1.165, 1.54) is 19.3 Å². The number of unbranched alkanes of at least 4 members (excludes halogenated alkanes) is 1. The first-order valence-electron chi connectivity index (χ1n) is 6.70. The monoisotopic (exact) mass is 227 g/mol. The Labute approximate surface area is 98.8 Å². The predicted octanol–water partition coefficient (Wildman–Crippen LogP) is 2.33. The summed E-state index contributed by atoms with van der Waals surface area (Å²) in [4.78, 5) is 14.1. The van der Waals surface area contributed by atoms with E-state index in [-0.39, 0.29) is 6.61 Å². The van der Waals surface area contributed by atoms with E-state index in [1.807, 2.05) is 0 Å². The third kappa shape index (κ3) is 4.12. The first-order chi connectivity index (χ1) is 7.79. The molecule has 3 heteroatoms. The molecule has 0 spiro atoms. The molecule has 1 atom stereocenters. The Bertz CT molecular complexity index is 206. The van der Waals surface area contributed by atoms with Crippen LogP contribution in [-0.4, -0.2) is 35.1 Å². The Morgan fingerprint density at radius 1 is 1.31 bits per heavy atom. The summed E-state index contributed by atoms with van der Waals surface area (Å²) >= 11 is 0. The molecule has 3 nitrogen and oxygen atoms in total. The van der Waals surface area contributed by atoms with Gasteiger partial charge in [-0.1, -0.05) is 19.8 Å². The molecule has 1 aliphatic heterocycles. The molecule has 1 unspecified atom stereocenters. The molecule has 0 aromatic rings. The second-order valence-corrected chi connectivity index (χ2v) is 4.68. The van der Waals surface area contributed by atoms with Crippen LogP contribution in [0.4, 0.5) is 0 Å². The van der Waals surface area contributed by atoms with Crippen molar-refractivity contribution in [3.63, 3.8) is 0 Å². The second kappa shape index (κ2) is 7.66. The number of rotatable bonds is 5. The Balaban J connectivity index is 2.42. The molecule has 0 aromatic carbocycles. The minimum absolute atomic E-state index is 0.199. The summed E-state index contributed by atoms with van der Waals surface area (Å²) in [5, 5.41) is 8.71. The lowest BCUT2D eigenvalue weighted by molar-refractivity contribution is -0.133. The molecule has 1 aliphatic rings. The van der Waals surface area contributed by atoms with Crippen molar-refractivity contribution in [2.75, 3.05) is 13.2 Å². The minimum atomic E-state index is 0.199. The van der Waals surface area contributed by atoms with Crippen LogP contribution in [0.15, 0.2) is 0 Å². The summed E-state index contributed by atoms with van der Waals surface area (Å²) < 4.78 is 0. The van der Waals surface area contributed by atoms with E-state index >= 15 is 0 Å². The first-order valence-corrected chi connectivity index (χ1v) is 6.70. The zero-order chi connectivity index (χ0) is 11.8. The number of likely N-dealkylation sites (tertiary alicyclic amines) is 1. The van der Waals surface area contributed by atoms with Gasteiger partial charge in [-0.05, 0) is 32.1 Å². The van der Waals surface area contributed by atoms with Crippen LogP contribution < -0.4 is 0 Å². The maximum absolute atomic E-state index is 12.0. The zero-order valence-corrected chi connectivity index (χ0v) is 10.5. The van der Waals surface area contributed by atoms with Gasteiger partial charge in [0.25, 0.3) is 0 Å². The van der Waals surface area contributed by atoms with E-state index in [4.69, 9.17) is 5.11 Å². The van der Waals surface area contributed by atoms with E-state index in [9.17, 15) is 4.79 Å². The topological polar surface area (TPSA) is 40.5 Å². The first kappa shape index (κ1) is 13.5.